The molecule has 0 spiro atoms. The Kier molecular flexibility index (Phi) is 4.02. The standard InChI is InChI=1S/C20H22O2/c1-4-13(2)20(21)22-14(3)15-9-10-19-17(11-15)12-16-7-5-6-8-18(16)19/h5-11,13-14H,4,12H2,1-3H3. The Morgan fingerprint density at radius 3 is 2.59 bits per heavy atom. The van der Waals surface area contributed by atoms with Crippen LogP contribution in [0, 0.1) is 5.92 Å². The molecule has 2 nitrogen and oxygen atoms in total. The van der Waals surface area contributed by atoms with Crippen LogP contribution in [-0.2, 0) is 16.0 Å². The molecule has 0 saturated carbocycles. The van der Waals surface area contributed by atoms with Gasteiger partial charge >= 0.3 is 5.97 Å². The SMILES string of the molecule is CCC(C)C(=O)OC(C)c1ccc2c(c1)Cc1ccccc1-2. The second-order valence-corrected chi connectivity index (χ2v) is 6.14. The molecular weight excluding hydrogens is 272 g/mol. The summed E-state index contributed by atoms with van der Waals surface area (Å²) >= 11 is 0. The normalized spacial score (nSPS) is 14.9. The number of ether oxygens (including phenoxy) is 1. The van der Waals surface area contributed by atoms with E-state index in [-0.39, 0.29) is 18.0 Å². The van der Waals surface area contributed by atoms with Crippen molar-refractivity contribution in [2.45, 2.75) is 39.7 Å². The van der Waals surface area contributed by atoms with Gasteiger partial charge in [-0.1, -0.05) is 56.3 Å². The van der Waals surface area contributed by atoms with Gasteiger partial charge in [0.2, 0.25) is 0 Å². The molecule has 1 aliphatic carbocycles. The number of fused-ring (bicyclic) bond motifs is 3. The smallest absolute Gasteiger partial charge is 0.309 e. The number of carbonyl (C=O) groups excluding carboxylic acids is 1. The quantitative estimate of drug-likeness (QED) is 0.639. The molecule has 0 radical (unpaired) electrons. The molecule has 0 N–H and O–H groups in total. The molecule has 1 aliphatic rings. The van der Waals surface area contributed by atoms with Crippen molar-refractivity contribution in [1.29, 1.82) is 0 Å². The van der Waals surface area contributed by atoms with Crippen molar-refractivity contribution >= 4 is 5.97 Å². The predicted molar refractivity (Wildman–Crippen MR) is 88.6 cm³/mol. The highest BCUT2D eigenvalue weighted by Crippen LogP contribution is 2.37. The van der Waals surface area contributed by atoms with Crippen molar-refractivity contribution in [2.24, 2.45) is 5.92 Å². The van der Waals surface area contributed by atoms with E-state index >= 15 is 0 Å². The lowest BCUT2D eigenvalue weighted by molar-refractivity contribution is -0.153. The number of hydrogen-bond donors (Lipinski definition) is 0. The second-order valence-electron chi connectivity index (χ2n) is 6.14. The first kappa shape index (κ1) is 14.8. The van der Waals surface area contributed by atoms with Gasteiger partial charge in [0.15, 0.2) is 0 Å². The van der Waals surface area contributed by atoms with E-state index in [0.29, 0.717) is 0 Å². The monoisotopic (exact) mass is 294 g/mol. The molecule has 2 aromatic carbocycles. The van der Waals surface area contributed by atoms with Crippen LogP contribution in [0.3, 0.4) is 0 Å². The molecular formula is C20H22O2. The fourth-order valence-electron chi connectivity index (χ4n) is 2.94. The molecule has 2 heteroatoms. The van der Waals surface area contributed by atoms with Gasteiger partial charge in [-0.3, -0.25) is 4.79 Å². The van der Waals surface area contributed by atoms with Crippen molar-refractivity contribution < 1.29 is 9.53 Å². The Balaban J connectivity index is 1.81. The van der Waals surface area contributed by atoms with Gasteiger partial charge in [0, 0.05) is 0 Å². The summed E-state index contributed by atoms with van der Waals surface area (Å²) in [4.78, 5) is 11.9. The van der Waals surface area contributed by atoms with E-state index in [0.717, 1.165) is 18.4 Å². The van der Waals surface area contributed by atoms with Gasteiger partial charge in [-0.2, -0.15) is 0 Å². The van der Waals surface area contributed by atoms with E-state index in [1.807, 2.05) is 20.8 Å². The topological polar surface area (TPSA) is 26.3 Å². The molecule has 0 bridgehead atoms. The van der Waals surface area contributed by atoms with Crippen molar-refractivity contribution in [3.05, 3.63) is 59.2 Å². The fraction of sp³-hybridized carbons (Fsp3) is 0.350. The van der Waals surface area contributed by atoms with Crippen LogP contribution in [0.1, 0.15) is 50.0 Å². The van der Waals surface area contributed by atoms with Crippen LogP contribution in [0.15, 0.2) is 42.5 Å². The predicted octanol–water partition coefficient (Wildman–Crippen LogP) is 4.91. The molecule has 2 unspecified atom stereocenters. The number of hydrogen-bond acceptors (Lipinski definition) is 2. The molecule has 3 rings (SSSR count). The van der Waals surface area contributed by atoms with E-state index in [1.54, 1.807) is 0 Å². The molecule has 0 amide bonds. The first-order chi connectivity index (χ1) is 10.6. The lowest BCUT2D eigenvalue weighted by atomic mass is 10.0. The number of benzene rings is 2. The Labute approximate surface area is 132 Å². The number of carbonyl (C=O) groups is 1. The van der Waals surface area contributed by atoms with Crippen LogP contribution >= 0.6 is 0 Å². The van der Waals surface area contributed by atoms with Gasteiger partial charge in [0.1, 0.15) is 6.10 Å². The lowest BCUT2D eigenvalue weighted by Crippen LogP contribution is -2.16. The van der Waals surface area contributed by atoms with Gasteiger partial charge in [-0.15, -0.1) is 0 Å². The molecule has 114 valence electrons. The van der Waals surface area contributed by atoms with Crippen LogP contribution in [0.25, 0.3) is 11.1 Å². The van der Waals surface area contributed by atoms with Crippen LogP contribution < -0.4 is 0 Å². The lowest BCUT2D eigenvalue weighted by Gasteiger charge is -2.17. The summed E-state index contributed by atoms with van der Waals surface area (Å²) in [6.07, 6.45) is 1.58. The summed E-state index contributed by atoms with van der Waals surface area (Å²) in [5.41, 5.74) is 6.40. The van der Waals surface area contributed by atoms with E-state index in [2.05, 4.69) is 42.5 Å². The third-order valence-corrected chi connectivity index (χ3v) is 4.59. The van der Waals surface area contributed by atoms with Crippen molar-refractivity contribution in [1.82, 2.24) is 0 Å². The fourth-order valence-corrected chi connectivity index (χ4v) is 2.94. The largest absolute Gasteiger partial charge is 0.458 e. The Morgan fingerprint density at radius 2 is 1.82 bits per heavy atom. The summed E-state index contributed by atoms with van der Waals surface area (Å²) < 4.78 is 5.59. The van der Waals surface area contributed by atoms with Gasteiger partial charge < -0.3 is 4.74 Å². The highest BCUT2D eigenvalue weighted by Gasteiger charge is 2.21. The van der Waals surface area contributed by atoms with Gasteiger partial charge in [0.25, 0.3) is 0 Å². The zero-order chi connectivity index (χ0) is 15.7. The highest BCUT2D eigenvalue weighted by molar-refractivity contribution is 5.77. The minimum Gasteiger partial charge on any atom is -0.458 e. The molecule has 0 aromatic heterocycles. The molecule has 2 atom stereocenters. The molecule has 22 heavy (non-hydrogen) atoms. The second kappa shape index (κ2) is 5.96. The van der Waals surface area contributed by atoms with Crippen LogP contribution in [0.2, 0.25) is 0 Å². The van der Waals surface area contributed by atoms with Crippen molar-refractivity contribution in [2.75, 3.05) is 0 Å². The third kappa shape index (κ3) is 2.66. The molecule has 0 fully saturated rings. The van der Waals surface area contributed by atoms with Gasteiger partial charge in [-0.05, 0) is 47.6 Å². The first-order valence-corrected chi connectivity index (χ1v) is 8.01. The minimum atomic E-state index is -0.199. The maximum Gasteiger partial charge on any atom is 0.309 e. The number of esters is 1. The summed E-state index contributed by atoms with van der Waals surface area (Å²) in [6, 6.07) is 14.9. The van der Waals surface area contributed by atoms with Gasteiger partial charge in [-0.25, -0.2) is 0 Å². The highest BCUT2D eigenvalue weighted by atomic mass is 16.5. The van der Waals surface area contributed by atoms with Crippen LogP contribution in [0.5, 0.6) is 0 Å². The zero-order valence-electron chi connectivity index (χ0n) is 13.4. The molecule has 2 aromatic rings. The Bertz CT molecular complexity index is 703. The van der Waals surface area contributed by atoms with E-state index < -0.39 is 0 Å². The average molecular weight is 294 g/mol. The van der Waals surface area contributed by atoms with Gasteiger partial charge in [0.05, 0.1) is 5.92 Å². The van der Waals surface area contributed by atoms with Crippen molar-refractivity contribution in [3.63, 3.8) is 0 Å². The van der Waals surface area contributed by atoms with Crippen LogP contribution in [0.4, 0.5) is 0 Å². The first-order valence-electron chi connectivity index (χ1n) is 8.01. The minimum absolute atomic E-state index is 0.0406. The number of rotatable bonds is 4. The Hall–Kier alpha value is -2.09. The van der Waals surface area contributed by atoms with E-state index in [1.165, 1.54) is 22.3 Å². The van der Waals surface area contributed by atoms with E-state index in [4.69, 9.17) is 4.74 Å². The summed E-state index contributed by atoms with van der Waals surface area (Å²) in [7, 11) is 0. The molecule has 0 heterocycles. The van der Waals surface area contributed by atoms with Crippen LogP contribution in [-0.4, -0.2) is 5.97 Å². The third-order valence-electron chi connectivity index (χ3n) is 4.59. The molecule has 0 aliphatic heterocycles. The van der Waals surface area contributed by atoms with E-state index in [9.17, 15) is 4.79 Å². The summed E-state index contributed by atoms with van der Waals surface area (Å²) in [5, 5.41) is 0. The Morgan fingerprint density at radius 1 is 1.09 bits per heavy atom. The maximum atomic E-state index is 11.9. The summed E-state index contributed by atoms with van der Waals surface area (Å²) in [5.74, 6) is -0.153. The zero-order valence-corrected chi connectivity index (χ0v) is 13.4. The van der Waals surface area contributed by atoms with Crippen molar-refractivity contribution in [3.8, 4) is 11.1 Å². The maximum absolute atomic E-state index is 11.9. The average Bonchev–Trinajstić information content (AvgIpc) is 2.91. The molecule has 0 saturated heterocycles. The summed E-state index contributed by atoms with van der Waals surface area (Å²) in [6.45, 7) is 5.86.